The van der Waals surface area contributed by atoms with Crippen LogP contribution in [0.3, 0.4) is 0 Å². The Hall–Kier alpha value is -3.32. The third kappa shape index (κ3) is 7.14. The number of carbonyl (C=O) groups is 4. The minimum atomic E-state index is -1.63. The van der Waals surface area contributed by atoms with Crippen molar-refractivity contribution in [3.63, 3.8) is 0 Å². The van der Waals surface area contributed by atoms with Crippen LogP contribution in [0.1, 0.15) is 50.4 Å². The molecule has 0 saturated carbocycles. The Morgan fingerprint density at radius 2 is 1.70 bits per heavy atom. The number of nitrogens with zero attached hydrogens (tertiary/aromatic N) is 2. The molecule has 3 aliphatic rings. The number of hydrogen-bond acceptors (Lipinski definition) is 8. The van der Waals surface area contributed by atoms with Gasteiger partial charge < -0.3 is 40.7 Å². The van der Waals surface area contributed by atoms with E-state index >= 15 is 0 Å². The zero-order chi connectivity index (χ0) is 32.4. The molecule has 14 heteroatoms. The Balaban J connectivity index is 1.52. The number of allylic oxidation sites excluding steroid dienone is 1. The molecule has 2 aliphatic heterocycles. The second kappa shape index (κ2) is 13.4. The van der Waals surface area contributed by atoms with E-state index in [1.165, 1.54) is 33.9 Å². The van der Waals surface area contributed by atoms with Crippen LogP contribution >= 0.6 is 23.2 Å². The predicted molar refractivity (Wildman–Crippen MR) is 164 cm³/mol. The van der Waals surface area contributed by atoms with Crippen LogP contribution in [-0.4, -0.2) is 106 Å². The van der Waals surface area contributed by atoms with Crippen LogP contribution < -0.4 is 16.0 Å². The zero-order valence-corrected chi connectivity index (χ0v) is 26.7. The number of piperidine rings is 1. The first-order valence-electron chi connectivity index (χ1n) is 14.4. The molecule has 0 radical (unpaired) electrons. The molecule has 0 bridgehead atoms. The molecule has 1 aromatic rings. The number of hydrogen-bond donors (Lipinski definition) is 5. The zero-order valence-electron chi connectivity index (χ0n) is 25.2. The maximum atomic E-state index is 13.4. The molecule has 2 heterocycles. The van der Waals surface area contributed by atoms with E-state index in [1.807, 2.05) is 0 Å². The SMILES string of the molecule is CNC(=O)C1(NC(C)=O)CC(Cl)=C(OC(C)(C)C(=O)O)C=C1N1C[C@@H](O)[C@H](NC2CCN(C(=O)c3ccc(Cl)cc3)CC2)C1. The number of amides is 3. The highest BCUT2D eigenvalue weighted by atomic mass is 35.5. The van der Waals surface area contributed by atoms with Gasteiger partial charge in [-0.1, -0.05) is 23.2 Å². The highest BCUT2D eigenvalue weighted by Gasteiger charge is 2.51. The lowest BCUT2D eigenvalue weighted by Crippen LogP contribution is -2.62. The van der Waals surface area contributed by atoms with Crippen LogP contribution in [-0.2, 0) is 19.1 Å². The first-order valence-corrected chi connectivity index (χ1v) is 15.2. The van der Waals surface area contributed by atoms with Gasteiger partial charge in [0.05, 0.1) is 22.9 Å². The van der Waals surface area contributed by atoms with Gasteiger partial charge in [0.15, 0.2) is 11.1 Å². The fraction of sp³-hybridized carbons (Fsp3) is 0.533. The van der Waals surface area contributed by atoms with E-state index in [0.29, 0.717) is 42.2 Å². The van der Waals surface area contributed by atoms with Gasteiger partial charge in [-0.2, -0.15) is 0 Å². The number of carboxylic acid groups (broad SMARTS) is 1. The van der Waals surface area contributed by atoms with Crippen LogP contribution in [0.2, 0.25) is 5.02 Å². The number of aliphatic carboxylic acids is 1. The number of ether oxygens (including phenoxy) is 1. The summed E-state index contributed by atoms with van der Waals surface area (Å²) in [6.45, 7) is 5.54. The van der Waals surface area contributed by atoms with Crippen molar-refractivity contribution in [1.82, 2.24) is 25.8 Å². The molecular weight excluding hydrogens is 613 g/mol. The van der Waals surface area contributed by atoms with Crippen molar-refractivity contribution in [3.8, 4) is 0 Å². The smallest absolute Gasteiger partial charge is 0.347 e. The topological polar surface area (TPSA) is 161 Å². The van der Waals surface area contributed by atoms with Gasteiger partial charge in [0.25, 0.3) is 11.8 Å². The maximum absolute atomic E-state index is 13.4. The highest BCUT2D eigenvalue weighted by molar-refractivity contribution is 6.31. The molecular formula is C30H39Cl2N5O7. The normalized spacial score (nSPS) is 24.6. The van der Waals surface area contributed by atoms with Crippen LogP contribution in [0.5, 0.6) is 0 Å². The molecule has 0 aromatic heterocycles. The summed E-state index contributed by atoms with van der Waals surface area (Å²) < 4.78 is 5.78. The minimum Gasteiger partial charge on any atom is -0.478 e. The lowest BCUT2D eigenvalue weighted by Gasteiger charge is -2.42. The number of likely N-dealkylation sites (tertiary alicyclic amines) is 2. The van der Waals surface area contributed by atoms with Gasteiger partial charge in [-0.3, -0.25) is 14.4 Å². The first kappa shape index (κ1) is 33.6. The molecule has 2 fully saturated rings. The van der Waals surface area contributed by atoms with Crippen LogP contribution in [0.25, 0.3) is 0 Å². The highest BCUT2D eigenvalue weighted by Crippen LogP contribution is 2.40. The number of benzene rings is 1. The Labute approximate surface area is 266 Å². The molecule has 12 nitrogen and oxygen atoms in total. The third-order valence-electron chi connectivity index (χ3n) is 8.23. The standard InChI is InChI=1S/C30H39Cl2N5O7/c1-17(38)35-30(27(41)33-4)14-21(32)24(44-29(2,3)28(42)43)13-25(30)37-15-22(23(39)16-37)34-20-9-11-36(12-10-20)26(40)18-5-7-19(31)8-6-18/h5-8,13,20,22-23,34,39H,9-12,14-16H2,1-4H3,(H,33,41)(H,35,38)(H,42,43)/t22-,23-,30?/m1/s1. The van der Waals surface area contributed by atoms with Gasteiger partial charge >= 0.3 is 5.97 Å². The van der Waals surface area contributed by atoms with Crippen LogP contribution in [0, 0.1) is 0 Å². The molecule has 3 amide bonds. The Bertz CT molecular complexity index is 1360. The molecule has 0 spiro atoms. The summed E-state index contributed by atoms with van der Waals surface area (Å²) in [5.41, 5.74) is -2.36. The first-order chi connectivity index (χ1) is 20.7. The maximum Gasteiger partial charge on any atom is 0.347 e. The molecule has 5 N–H and O–H groups in total. The fourth-order valence-electron chi connectivity index (χ4n) is 5.85. The van der Waals surface area contributed by atoms with Gasteiger partial charge in [-0.05, 0) is 51.0 Å². The molecule has 4 rings (SSSR count). The van der Waals surface area contributed by atoms with Gasteiger partial charge in [0.2, 0.25) is 5.91 Å². The average Bonchev–Trinajstić information content (AvgIpc) is 3.33. The lowest BCUT2D eigenvalue weighted by atomic mass is 9.84. The van der Waals surface area contributed by atoms with E-state index in [-0.39, 0.29) is 48.3 Å². The second-order valence-electron chi connectivity index (χ2n) is 11.9. The number of carboxylic acids is 1. The molecule has 1 unspecified atom stereocenters. The van der Waals surface area contributed by atoms with E-state index in [4.69, 9.17) is 27.9 Å². The molecule has 1 aliphatic carbocycles. The Kier molecular flexibility index (Phi) is 10.2. The monoisotopic (exact) mass is 651 g/mol. The Morgan fingerprint density at radius 3 is 2.27 bits per heavy atom. The van der Waals surface area contributed by atoms with Crippen molar-refractivity contribution in [2.45, 2.75) is 69.4 Å². The average molecular weight is 653 g/mol. The quantitative estimate of drug-likeness (QED) is 0.268. The van der Waals surface area contributed by atoms with Gasteiger partial charge in [-0.15, -0.1) is 0 Å². The Morgan fingerprint density at radius 1 is 1.07 bits per heavy atom. The summed E-state index contributed by atoms with van der Waals surface area (Å²) >= 11 is 12.5. The summed E-state index contributed by atoms with van der Waals surface area (Å²) in [5, 5.41) is 30.2. The van der Waals surface area contributed by atoms with E-state index in [0.717, 1.165) is 0 Å². The summed E-state index contributed by atoms with van der Waals surface area (Å²) in [7, 11) is 1.44. The van der Waals surface area contributed by atoms with Crippen molar-refractivity contribution in [1.29, 1.82) is 0 Å². The largest absolute Gasteiger partial charge is 0.478 e. The number of nitrogens with one attached hydrogen (secondary N) is 3. The number of rotatable bonds is 9. The predicted octanol–water partition coefficient (Wildman–Crippen LogP) is 1.82. The number of halogens is 2. The molecule has 2 saturated heterocycles. The van der Waals surface area contributed by atoms with E-state index < -0.39 is 35.0 Å². The number of β-amino-alcohol motifs (C(OH)–C–C–N with tert-alkyl or cyclic N) is 1. The van der Waals surface area contributed by atoms with Crippen molar-refractivity contribution in [2.75, 3.05) is 33.2 Å². The number of likely N-dealkylation sites (N-methyl/N-ethyl adjacent to an activating group) is 1. The van der Waals surface area contributed by atoms with E-state index in [2.05, 4.69) is 16.0 Å². The van der Waals surface area contributed by atoms with Crippen molar-refractivity contribution < 1.29 is 34.1 Å². The molecule has 240 valence electrons. The van der Waals surface area contributed by atoms with Gasteiger partial charge in [0.1, 0.15) is 5.76 Å². The van der Waals surface area contributed by atoms with Crippen LogP contribution in [0.4, 0.5) is 0 Å². The van der Waals surface area contributed by atoms with Crippen LogP contribution in [0.15, 0.2) is 46.8 Å². The molecule has 3 atom stereocenters. The third-order valence-corrected chi connectivity index (χ3v) is 8.80. The summed E-state index contributed by atoms with van der Waals surface area (Å²) in [6, 6.07) is 6.44. The summed E-state index contributed by atoms with van der Waals surface area (Å²) in [4.78, 5) is 54.0. The van der Waals surface area contributed by atoms with Gasteiger partial charge in [-0.25, -0.2) is 4.79 Å². The number of carbonyl (C=O) groups excluding carboxylic acids is 3. The van der Waals surface area contributed by atoms with E-state index in [1.54, 1.807) is 34.1 Å². The molecule has 1 aromatic carbocycles. The number of aliphatic hydroxyl groups is 1. The molecule has 44 heavy (non-hydrogen) atoms. The summed E-state index contributed by atoms with van der Waals surface area (Å²) in [6.07, 6.45) is 1.82. The minimum absolute atomic E-state index is 0.0350. The summed E-state index contributed by atoms with van der Waals surface area (Å²) in [5.74, 6) is -2.22. The van der Waals surface area contributed by atoms with E-state index in [9.17, 15) is 29.4 Å². The van der Waals surface area contributed by atoms with Gasteiger partial charge in [0, 0.05) is 69.3 Å². The second-order valence-corrected chi connectivity index (χ2v) is 12.8. The van der Waals surface area contributed by atoms with Crippen molar-refractivity contribution in [2.24, 2.45) is 0 Å². The number of aliphatic hydroxyl groups excluding tert-OH is 1. The van der Waals surface area contributed by atoms with Crippen molar-refractivity contribution >= 4 is 46.9 Å². The van der Waals surface area contributed by atoms with Crippen molar-refractivity contribution in [3.05, 3.63) is 57.4 Å². The lowest BCUT2D eigenvalue weighted by molar-refractivity contribution is -0.156. The fourth-order valence-corrected chi connectivity index (χ4v) is 6.27.